The van der Waals surface area contributed by atoms with Gasteiger partial charge in [0.15, 0.2) is 5.78 Å². The van der Waals surface area contributed by atoms with Crippen molar-refractivity contribution >= 4 is 29.2 Å². The molecule has 1 aliphatic heterocycles. The minimum Gasteiger partial charge on any atom is -0.497 e. The molecule has 0 aromatic heterocycles. The molecule has 1 heterocycles. The summed E-state index contributed by atoms with van der Waals surface area (Å²) < 4.78 is 86.2. The number of hydrogen-bond donors (Lipinski definition) is 2. The number of benzene rings is 3. The van der Waals surface area contributed by atoms with Gasteiger partial charge in [-0.15, -0.1) is 0 Å². The smallest absolute Gasteiger partial charge is 0.416 e. The lowest BCUT2D eigenvalue weighted by Crippen LogP contribution is -2.55. The van der Waals surface area contributed by atoms with Crippen LogP contribution in [0.4, 0.5) is 32.0 Å². The van der Waals surface area contributed by atoms with Crippen LogP contribution in [-0.4, -0.2) is 42.2 Å². The standard InChI is InChI=1S/C31H25F6N3O5/c1-45-21-8-6-18(7-9-21)26(42)39-29(10-11-29)28(44)38-23-15-25(41)22-4-2-3-5-24(22)40(27(23)43)16-17-12-19(30(32,33)34)14-20(13-17)31(35,36)37/h2-9,12-14,23H,10-11,15-16H2,1H3,(H,38,44)(H,39,42)/t23-/m1/s1. The van der Waals surface area contributed by atoms with Crippen LogP contribution in [0.2, 0.25) is 0 Å². The molecule has 1 saturated carbocycles. The van der Waals surface area contributed by atoms with Crippen LogP contribution in [0.15, 0.2) is 66.7 Å². The van der Waals surface area contributed by atoms with Crippen LogP contribution in [0.5, 0.6) is 5.75 Å². The number of amides is 3. The Labute approximate surface area is 252 Å². The summed E-state index contributed by atoms with van der Waals surface area (Å²) in [6.07, 6.45) is -10.3. The second kappa shape index (κ2) is 11.6. The Bertz CT molecular complexity index is 1630. The summed E-state index contributed by atoms with van der Waals surface area (Å²) in [5, 5.41) is 5.14. The van der Waals surface area contributed by atoms with Crippen LogP contribution in [0.1, 0.15) is 56.7 Å². The summed E-state index contributed by atoms with van der Waals surface area (Å²) >= 11 is 0. The molecule has 1 aliphatic carbocycles. The maximum absolute atomic E-state index is 13.8. The van der Waals surface area contributed by atoms with Gasteiger partial charge in [-0.3, -0.25) is 19.2 Å². The van der Waals surface area contributed by atoms with Crippen molar-refractivity contribution in [1.82, 2.24) is 10.6 Å². The number of ketones is 1. The number of halogens is 6. The van der Waals surface area contributed by atoms with E-state index in [1.165, 1.54) is 43.5 Å². The maximum Gasteiger partial charge on any atom is 0.416 e. The molecule has 1 atom stereocenters. The van der Waals surface area contributed by atoms with E-state index in [1.54, 1.807) is 12.1 Å². The van der Waals surface area contributed by atoms with E-state index in [1.807, 2.05) is 0 Å². The van der Waals surface area contributed by atoms with E-state index in [-0.39, 0.29) is 35.7 Å². The van der Waals surface area contributed by atoms with Gasteiger partial charge >= 0.3 is 12.4 Å². The van der Waals surface area contributed by atoms with E-state index in [0.717, 1.165) is 4.90 Å². The lowest BCUT2D eigenvalue weighted by Gasteiger charge is -2.28. The highest BCUT2D eigenvalue weighted by Gasteiger charge is 2.52. The van der Waals surface area contributed by atoms with Crippen LogP contribution >= 0.6 is 0 Å². The average Bonchev–Trinajstić information content (AvgIpc) is 3.79. The van der Waals surface area contributed by atoms with E-state index >= 15 is 0 Å². The molecule has 3 aromatic carbocycles. The summed E-state index contributed by atoms with van der Waals surface area (Å²) in [6, 6.07) is 11.2. The van der Waals surface area contributed by atoms with E-state index in [4.69, 9.17) is 4.74 Å². The quantitative estimate of drug-likeness (QED) is 0.344. The summed E-state index contributed by atoms with van der Waals surface area (Å²) in [5.41, 5.74) is -4.81. The molecule has 0 unspecified atom stereocenters. The van der Waals surface area contributed by atoms with E-state index in [0.29, 0.717) is 17.9 Å². The van der Waals surface area contributed by atoms with Gasteiger partial charge < -0.3 is 20.3 Å². The van der Waals surface area contributed by atoms with Gasteiger partial charge in [0.25, 0.3) is 5.91 Å². The molecule has 0 saturated heterocycles. The highest BCUT2D eigenvalue weighted by Crippen LogP contribution is 2.39. The zero-order valence-electron chi connectivity index (χ0n) is 23.5. The summed E-state index contributed by atoms with van der Waals surface area (Å²) in [5.74, 6) is -2.34. The first-order valence-corrected chi connectivity index (χ1v) is 13.6. The second-order valence-electron chi connectivity index (χ2n) is 10.8. The van der Waals surface area contributed by atoms with Gasteiger partial charge in [-0.05, 0) is 73.0 Å². The number of carbonyl (C=O) groups is 4. The Morgan fingerprint density at radius 1 is 0.911 bits per heavy atom. The Kier molecular flexibility index (Phi) is 8.10. The van der Waals surface area contributed by atoms with Gasteiger partial charge in [0.1, 0.15) is 17.3 Å². The van der Waals surface area contributed by atoms with Crippen molar-refractivity contribution < 1.29 is 50.3 Å². The Hall–Kier alpha value is -4.88. The Morgan fingerprint density at radius 3 is 2.07 bits per heavy atom. The zero-order valence-corrected chi connectivity index (χ0v) is 23.5. The molecule has 0 bridgehead atoms. The minimum atomic E-state index is -5.11. The normalized spacial score (nSPS) is 17.7. The molecule has 0 radical (unpaired) electrons. The van der Waals surface area contributed by atoms with E-state index in [2.05, 4.69) is 10.6 Å². The molecule has 2 N–H and O–H groups in total. The van der Waals surface area contributed by atoms with Crippen molar-refractivity contribution in [2.24, 2.45) is 0 Å². The molecule has 8 nitrogen and oxygen atoms in total. The van der Waals surface area contributed by atoms with Gasteiger partial charge in [0, 0.05) is 17.5 Å². The molecule has 1 fully saturated rings. The molecule has 14 heteroatoms. The average molecular weight is 634 g/mol. The Morgan fingerprint density at radius 2 is 1.51 bits per heavy atom. The minimum absolute atomic E-state index is 0.000404. The maximum atomic E-state index is 13.8. The molecular formula is C31H25F6N3O5. The van der Waals surface area contributed by atoms with Crippen molar-refractivity contribution in [3.8, 4) is 5.75 Å². The number of nitrogens with zero attached hydrogens (tertiary/aromatic N) is 1. The molecule has 5 rings (SSSR count). The fourth-order valence-corrected chi connectivity index (χ4v) is 5.07. The second-order valence-corrected chi connectivity index (χ2v) is 10.8. The SMILES string of the molecule is COc1ccc(C(=O)NC2(C(=O)N[C@@H]3CC(=O)c4ccccc4N(Cc4cc(C(F)(F)F)cc(C(F)(F)F)c4)C3=O)CC2)cc1. The number of nitrogens with one attached hydrogen (secondary N) is 2. The van der Waals surface area contributed by atoms with Gasteiger partial charge in [-0.25, -0.2) is 0 Å². The first-order chi connectivity index (χ1) is 21.1. The number of rotatable bonds is 7. The summed E-state index contributed by atoms with van der Waals surface area (Å²) in [6.45, 7) is -0.762. The number of para-hydroxylation sites is 1. The third-order valence-electron chi connectivity index (χ3n) is 7.63. The van der Waals surface area contributed by atoms with E-state index in [9.17, 15) is 45.5 Å². The molecule has 2 aliphatic rings. The predicted molar refractivity (Wildman–Crippen MR) is 147 cm³/mol. The van der Waals surface area contributed by atoms with Crippen molar-refractivity contribution in [2.45, 2.75) is 49.7 Å². The number of ether oxygens (including phenoxy) is 1. The van der Waals surface area contributed by atoms with Gasteiger partial charge in [0.2, 0.25) is 11.8 Å². The number of carbonyl (C=O) groups excluding carboxylic acids is 4. The largest absolute Gasteiger partial charge is 0.497 e. The Balaban J connectivity index is 1.43. The van der Waals surface area contributed by atoms with Crippen LogP contribution in [-0.2, 0) is 28.5 Å². The highest BCUT2D eigenvalue weighted by molar-refractivity contribution is 6.13. The van der Waals surface area contributed by atoms with Gasteiger partial charge in [0.05, 0.1) is 30.5 Å². The first kappa shape index (κ1) is 31.5. The van der Waals surface area contributed by atoms with Crippen molar-refractivity contribution in [3.05, 3.63) is 94.5 Å². The highest BCUT2D eigenvalue weighted by atomic mass is 19.4. The predicted octanol–water partition coefficient (Wildman–Crippen LogP) is 5.30. The number of alkyl halides is 6. The molecule has 3 aromatic rings. The fourth-order valence-electron chi connectivity index (χ4n) is 5.07. The number of fused-ring (bicyclic) bond motifs is 1. The van der Waals surface area contributed by atoms with Crippen molar-refractivity contribution in [1.29, 1.82) is 0 Å². The van der Waals surface area contributed by atoms with Gasteiger partial charge in [-0.2, -0.15) is 26.3 Å². The molecule has 45 heavy (non-hydrogen) atoms. The zero-order chi connectivity index (χ0) is 32.7. The number of methoxy groups -OCH3 is 1. The molecular weight excluding hydrogens is 608 g/mol. The third kappa shape index (κ3) is 6.64. The van der Waals surface area contributed by atoms with Crippen LogP contribution < -0.4 is 20.3 Å². The third-order valence-corrected chi connectivity index (χ3v) is 7.63. The van der Waals surface area contributed by atoms with Crippen LogP contribution in [0, 0.1) is 0 Å². The molecule has 0 spiro atoms. The van der Waals surface area contributed by atoms with Crippen LogP contribution in [0.25, 0.3) is 0 Å². The molecule has 236 valence electrons. The number of Topliss-reactive ketones (excluding diaryl/α,β-unsaturated/α-hetero) is 1. The van der Waals surface area contributed by atoms with Crippen LogP contribution in [0.3, 0.4) is 0 Å². The lowest BCUT2D eigenvalue weighted by molar-refractivity contribution is -0.143. The van der Waals surface area contributed by atoms with E-state index < -0.39 is 77.1 Å². The molecule has 3 amide bonds. The van der Waals surface area contributed by atoms with Crippen molar-refractivity contribution in [3.63, 3.8) is 0 Å². The topological polar surface area (TPSA) is 105 Å². The fraction of sp³-hybridized carbons (Fsp3) is 0.290. The number of hydrogen-bond acceptors (Lipinski definition) is 5. The van der Waals surface area contributed by atoms with Gasteiger partial charge in [-0.1, -0.05) is 12.1 Å². The summed E-state index contributed by atoms with van der Waals surface area (Å²) in [4.78, 5) is 54.1. The first-order valence-electron chi connectivity index (χ1n) is 13.6. The lowest BCUT2D eigenvalue weighted by atomic mass is 10.0. The van der Waals surface area contributed by atoms with Crippen molar-refractivity contribution in [2.75, 3.05) is 12.0 Å². The summed E-state index contributed by atoms with van der Waals surface area (Å²) in [7, 11) is 1.46. The number of anilines is 1. The monoisotopic (exact) mass is 633 g/mol.